The number of methoxy groups -OCH3 is 2. The van der Waals surface area contributed by atoms with Crippen LogP contribution in [0.5, 0.6) is 11.5 Å². The molecule has 0 fully saturated rings. The largest absolute Gasteiger partial charge is 0.497 e. The number of carbonyl (C=O) groups is 2. The van der Waals surface area contributed by atoms with Gasteiger partial charge in [0.1, 0.15) is 17.0 Å². The van der Waals surface area contributed by atoms with E-state index in [1.807, 2.05) is 0 Å². The minimum Gasteiger partial charge on any atom is -0.497 e. The molecule has 0 atom stereocenters. The zero-order valence-corrected chi connectivity index (χ0v) is 16.5. The van der Waals surface area contributed by atoms with Crippen molar-refractivity contribution < 1.29 is 23.8 Å². The topological polar surface area (TPSA) is 122 Å². The maximum atomic E-state index is 12.3. The van der Waals surface area contributed by atoms with Crippen LogP contribution in [-0.2, 0) is 20.9 Å². The van der Waals surface area contributed by atoms with Gasteiger partial charge in [0.15, 0.2) is 6.61 Å². The maximum absolute atomic E-state index is 12.3. The molecule has 30 heavy (non-hydrogen) atoms. The first-order valence-corrected chi connectivity index (χ1v) is 9.01. The van der Waals surface area contributed by atoms with Gasteiger partial charge < -0.3 is 19.5 Å². The highest BCUT2D eigenvalue weighted by atomic mass is 16.5. The SMILES string of the molecule is COc1cc(NC(=O)COC(=O)CCn2nnc3ccccc3c2=O)cc(OC)c1. The molecule has 0 saturated carbocycles. The summed E-state index contributed by atoms with van der Waals surface area (Å²) < 4.78 is 16.3. The number of benzene rings is 2. The summed E-state index contributed by atoms with van der Waals surface area (Å²) in [5, 5.41) is 10.8. The number of anilines is 1. The highest BCUT2D eigenvalue weighted by molar-refractivity contribution is 5.93. The number of nitrogens with one attached hydrogen (secondary N) is 1. The van der Waals surface area contributed by atoms with Gasteiger partial charge in [0, 0.05) is 23.9 Å². The molecule has 1 N–H and O–H groups in total. The molecule has 3 rings (SSSR count). The van der Waals surface area contributed by atoms with Crippen LogP contribution in [-0.4, -0.2) is 47.7 Å². The van der Waals surface area contributed by atoms with Crippen molar-refractivity contribution in [2.24, 2.45) is 0 Å². The van der Waals surface area contributed by atoms with Crippen LogP contribution in [0.3, 0.4) is 0 Å². The summed E-state index contributed by atoms with van der Waals surface area (Å²) in [5.41, 5.74) is 0.565. The predicted octanol–water partition coefficient (Wildman–Crippen LogP) is 1.38. The Morgan fingerprint density at radius 1 is 1.07 bits per heavy atom. The van der Waals surface area contributed by atoms with Crippen molar-refractivity contribution in [1.82, 2.24) is 15.0 Å². The summed E-state index contributed by atoms with van der Waals surface area (Å²) in [6.07, 6.45) is -0.132. The fourth-order valence-corrected chi connectivity index (χ4v) is 2.66. The molecule has 156 valence electrons. The predicted molar refractivity (Wildman–Crippen MR) is 108 cm³/mol. The molecule has 10 heteroatoms. The molecular formula is C20H20N4O6. The Kier molecular flexibility index (Phi) is 6.58. The van der Waals surface area contributed by atoms with Crippen molar-refractivity contribution in [3.8, 4) is 11.5 Å². The fourth-order valence-electron chi connectivity index (χ4n) is 2.66. The van der Waals surface area contributed by atoms with Gasteiger partial charge in [-0.25, -0.2) is 4.68 Å². The third-order valence-corrected chi connectivity index (χ3v) is 4.16. The van der Waals surface area contributed by atoms with E-state index >= 15 is 0 Å². The number of nitrogens with zero attached hydrogens (tertiary/aromatic N) is 3. The van der Waals surface area contributed by atoms with Gasteiger partial charge in [-0.15, -0.1) is 5.10 Å². The Morgan fingerprint density at radius 2 is 1.77 bits per heavy atom. The molecular weight excluding hydrogens is 392 g/mol. The molecule has 2 aromatic carbocycles. The molecule has 0 saturated heterocycles. The van der Waals surface area contributed by atoms with Gasteiger partial charge in [0.25, 0.3) is 11.5 Å². The first-order chi connectivity index (χ1) is 14.5. The third-order valence-electron chi connectivity index (χ3n) is 4.16. The molecule has 0 aliphatic rings. The van der Waals surface area contributed by atoms with E-state index in [4.69, 9.17) is 14.2 Å². The second-order valence-corrected chi connectivity index (χ2v) is 6.20. The van der Waals surface area contributed by atoms with Gasteiger partial charge in [-0.05, 0) is 12.1 Å². The van der Waals surface area contributed by atoms with Crippen LogP contribution >= 0.6 is 0 Å². The van der Waals surface area contributed by atoms with Crippen LogP contribution in [0.25, 0.3) is 10.9 Å². The van der Waals surface area contributed by atoms with Gasteiger partial charge in [-0.2, -0.15) is 0 Å². The smallest absolute Gasteiger partial charge is 0.308 e. The number of amides is 1. The number of esters is 1. The standard InChI is InChI=1S/C20H20N4O6/c1-28-14-9-13(10-15(11-14)29-2)21-18(25)12-30-19(26)7-8-24-20(27)16-5-3-4-6-17(16)22-23-24/h3-6,9-11H,7-8,12H2,1-2H3,(H,21,25). The third kappa shape index (κ3) is 5.10. The summed E-state index contributed by atoms with van der Waals surface area (Å²) in [5.74, 6) is -0.163. The molecule has 0 aliphatic carbocycles. The normalized spacial score (nSPS) is 10.5. The zero-order valence-electron chi connectivity index (χ0n) is 16.5. The van der Waals surface area contributed by atoms with Crippen molar-refractivity contribution in [1.29, 1.82) is 0 Å². The van der Waals surface area contributed by atoms with E-state index in [-0.39, 0.29) is 18.5 Å². The number of hydrogen-bond acceptors (Lipinski definition) is 8. The zero-order chi connectivity index (χ0) is 21.5. The molecule has 0 spiro atoms. The van der Waals surface area contributed by atoms with E-state index in [0.717, 1.165) is 4.68 Å². The highest BCUT2D eigenvalue weighted by Crippen LogP contribution is 2.25. The molecule has 1 heterocycles. The quantitative estimate of drug-likeness (QED) is 0.551. The molecule has 0 aliphatic heterocycles. The van der Waals surface area contributed by atoms with Crippen molar-refractivity contribution in [3.63, 3.8) is 0 Å². The summed E-state index contributed by atoms with van der Waals surface area (Å²) in [4.78, 5) is 36.3. The minimum atomic E-state index is -0.643. The van der Waals surface area contributed by atoms with Crippen molar-refractivity contribution >= 4 is 28.5 Å². The number of carbonyl (C=O) groups excluding carboxylic acids is 2. The summed E-state index contributed by atoms with van der Waals surface area (Å²) >= 11 is 0. The van der Waals surface area contributed by atoms with Gasteiger partial charge in [0.05, 0.1) is 32.6 Å². The lowest BCUT2D eigenvalue weighted by molar-refractivity contribution is -0.147. The van der Waals surface area contributed by atoms with Crippen LogP contribution in [0.4, 0.5) is 5.69 Å². The Morgan fingerprint density at radius 3 is 2.47 bits per heavy atom. The lowest BCUT2D eigenvalue weighted by Gasteiger charge is -2.10. The van der Waals surface area contributed by atoms with Crippen LogP contribution in [0.2, 0.25) is 0 Å². The van der Waals surface area contributed by atoms with E-state index in [2.05, 4.69) is 15.6 Å². The van der Waals surface area contributed by atoms with E-state index < -0.39 is 18.5 Å². The molecule has 0 unspecified atom stereocenters. The number of aryl methyl sites for hydroxylation is 1. The van der Waals surface area contributed by atoms with Crippen LogP contribution in [0, 0.1) is 0 Å². The molecule has 0 bridgehead atoms. The maximum Gasteiger partial charge on any atom is 0.308 e. The molecule has 0 radical (unpaired) electrons. The first kappa shape index (κ1) is 20.8. The number of ether oxygens (including phenoxy) is 3. The minimum absolute atomic E-state index is 0.00972. The molecule has 10 nitrogen and oxygen atoms in total. The van der Waals surface area contributed by atoms with Crippen molar-refractivity contribution in [3.05, 3.63) is 52.8 Å². The molecule has 1 amide bonds. The number of fused-ring (bicyclic) bond motifs is 1. The number of rotatable bonds is 8. The van der Waals surface area contributed by atoms with E-state index in [1.54, 1.807) is 42.5 Å². The second-order valence-electron chi connectivity index (χ2n) is 6.20. The highest BCUT2D eigenvalue weighted by Gasteiger charge is 2.12. The summed E-state index contributed by atoms with van der Waals surface area (Å²) in [6.45, 7) is -0.485. The number of aromatic nitrogens is 3. The van der Waals surface area contributed by atoms with Crippen molar-refractivity contribution in [2.75, 3.05) is 26.1 Å². The number of hydrogen-bond donors (Lipinski definition) is 1. The lowest BCUT2D eigenvalue weighted by atomic mass is 10.2. The van der Waals surface area contributed by atoms with E-state index in [9.17, 15) is 14.4 Å². The van der Waals surface area contributed by atoms with Crippen LogP contribution in [0.15, 0.2) is 47.3 Å². The van der Waals surface area contributed by atoms with Crippen LogP contribution < -0.4 is 20.3 Å². The monoisotopic (exact) mass is 412 g/mol. The Bertz CT molecular complexity index is 1110. The summed E-state index contributed by atoms with van der Waals surface area (Å²) in [6, 6.07) is 11.7. The summed E-state index contributed by atoms with van der Waals surface area (Å²) in [7, 11) is 2.99. The van der Waals surface area contributed by atoms with E-state index in [0.29, 0.717) is 28.1 Å². The molecule has 1 aromatic heterocycles. The van der Waals surface area contributed by atoms with Gasteiger partial charge in [-0.1, -0.05) is 17.3 Å². The van der Waals surface area contributed by atoms with Gasteiger partial charge in [0.2, 0.25) is 0 Å². The Hall–Kier alpha value is -3.95. The lowest BCUT2D eigenvalue weighted by Crippen LogP contribution is -2.26. The fraction of sp³-hybridized carbons (Fsp3) is 0.250. The molecule has 3 aromatic rings. The van der Waals surface area contributed by atoms with Gasteiger partial charge >= 0.3 is 5.97 Å². The van der Waals surface area contributed by atoms with Crippen LogP contribution in [0.1, 0.15) is 6.42 Å². The second kappa shape index (κ2) is 9.50. The van der Waals surface area contributed by atoms with Crippen molar-refractivity contribution in [2.45, 2.75) is 13.0 Å². The Labute approximate surface area is 171 Å². The van der Waals surface area contributed by atoms with E-state index in [1.165, 1.54) is 14.2 Å². The first-order valence-electron chi connectivity index (χ1n) is 9.01. The Balaban J connectivity index is 1.52. The van der Waals surface area contributed by atoms with Gasteiger partial charge in [-0.3, -0.25) is 14.4 Å². The average molecular weight is 412 g/mol. The average Bonchev–Trinajstić information content (AvgIpc) is 2.77.